The average molecular weight is 146 g/mol. The summed E-state index contributed by atoms with van der Waals surface area (Å²) in [4.78, 5) is 0. The molecule has 64 valence electrons. The highest BCUT2D eigenvalue weighted by Gasteiger charge is 1.95. The van der Waals surface area contributed by atoms with Crippen LogP contribution in [0.4, 0.5) is 0 Å². The van der Waals surface area contributed by atoms with Gasteiger partial charge in [0.1, 0.15) is 0 Å². The van der Waals surface area contributed by atoms with Crippen LogP contribution in [0, 0.1) is 0 Å². The van der Waals surface area contributed by atoms with Crippen molar-refractivity contribution in [3.8, 4) is 0 Å². The van der Waals surface area contributed by atoms with E-state index in [2.05, 4.69) is 11.5 Å². The molecule has 0 unspecified atom stereocenters. The van der Waals surface area contributed by atoms with Gasteiger partial charge in [-0.05, 0) is 14.1 Å². The molecule has 1 fully saturated rings. The molecule has 1 rings (SSSR count). The van der Waals surface area contributed by atoms with Crippen molar-refractivity contribution >= 4 is 0 Å². The van der Waals surface area contributed by atoms with E-state index in [4.69, 9.17) is 0 Å². The van der Waals surface area contributed by atoms with Gasteiger partial charge in [-0.2, -0.15) is 0 Å². The summed E-state index contributed by atoms with van der Waals surface area (Å²) in [5.41, 5.74) is 9.00. The van der Waals surface area contributed by atoms with Gasteiger partial charge in [0.25, 0.3) is 0 Å². The van der Waals surface area contributed by atoms with Gasteiger partial charge >= 0.3 is 0 Å². The van der Waals surface area contributed by atoms with Crippen LogP contribution in [0.2, 0.25) is 0 Å². The fourth-order valence-corrected chi connectivity index (χ4v) is 1.06. The Labute approximate surface area is 65.0 Å². The lowest BCUT2D eigenvalue weighted by Crippen LogP contribution is -1.85. The minimum atomic E-state index is 1.50. The van der Waals surface area contributed by atoms with Crippen molar-refractivity contribution < 1.29 is 0 Å². The Balaban J connectivity index is 0. The molecule has 1 aliphatic carbocycles. The van der Waals surface area contributed by atoms with Gasteiger partial charge in [0.15, 0.2) is 0 Å². The van der Waals surface area contributed by atoms with Gasteiger partial charge in [0.2, 0.25) is 0 Å². The van der Waals surface area contributed by atoms with Crippen molar-refractivity contribution in [2.75, 3.05) is 14.1 Å². The van der Waals surface area contributed by atoms with Crippen LogP contribution in [-0.2, 0) is 0 Å². The lowest BCUT2D eigenvalue weighted by molar-refractivity contribution is 0.504. The molecule has 0 atom stereocenters. The Morgan fingerprint density at radius 1 is 0.500 bits per heavy atom. The summed E-state index contributed by atoms with van der Waals surface area (Å²) in [6, 6.07) is 0. The third kappa shape index (κ3) is 10.8. The van der Waals surface area contributed by atoms with E-state index in [0.717, 1.165) is 0 Å². The first kappa shape index (κ1) is 12.6. The topological polar surface area (TPSA) is 52.0 Å². The summed E-state index contributed by atoms with van der Waals surface area (Å²) in [7, 11) is 3.00. The molecule has 0 spiro atoms. The second kappa shape index (κ2) is 16.0. The SMILES string of the molecule is C1CCCCC1.CN.CN. The molecule has 1 saturated carbocycles. The first-order valence-electron chi connectivity index (χ1n) is 4.15. The molecule has 0 heterocycles. The van der Waals surface area contributed by atoms with Crippen LogP contribution in [0.15, 0.2) is 0 Å². The minimum Gasteiger partial charge on any atom is -0.333 e. The first-order valence-corrected chi connectivity index (χ1v) is 4.15. The van der Waals surface area contributed by atoms with E-state index in [-0.39, 0.29) is 0 Å². The van der Waals surface area contributed by atoms with Crippen molar-refractivity contribution in [3.63, 3.8) is 0 Å². The van der Waals surface area contributed by atoms with Gasteiger partial charge in [-0.3, -0.25) is 0 Å². The van der Waals surface area contributed by atoms with Gasteiger partial charge in [0.05, 0.1) is 0 Å². The summed E-state index contributed by atoms with van der Waals surface area (Å²) >= 11 is 0. The molecule has 4 N–H and O–H groups in total. The smallest absolute Gasteiger partial charge is 0.0195 e. The molecule has 2 heteroatoms. The fourth-order valence-electron chi connectivity index (χ4n) is 1.06. The second-order valence-electron chi connectivity index (χ2n) is 2.12. The molecule has 1 aliphatic rings. The Kier molecular flexibility index (Phi) is 20.1. The molecule has 0 aromatic carbocycles. The van der Waals surface area contributed by atoms with E-state index in [1.807, 2.05) is 0 Å². The third-order valence-corrected chi connectivity index (χ3v) is 1.50. The van der Waals surface area contributed by atoms with Crippen LogP contribution >= 0.6 is 0 Å². The van der Waals surface area contributed by atoms with E-state index in [1.165, 1.54) is 52.6 Å². The Morgan fingerprint density at radius 2 is 0.600 bits per heavy atom. The monoisotopic (exact) mass is 146 g/mol. The van der Waals surface area contributed by atoms with Gasteiger partial charge in [0, 0.05) is 0 Å². The maximum atomic E-state index is 4.50. The Hall–Kier alpha value is -0.0800. The van der Waals surface area contributed by atoms with Gasteiger partial charge in [-0.1, -0.05) is 38.5 Å². The van der Waals surface area contributed by atoms with Crippen molar-refractivity contribution in [2.45, 2.75) is 38.5 Å². The molecule has 0 aromatic rings. The van der Waals surface area contributed by atoms with E-state index >= 15 is 0 Å². The molecule has 2 nitrogen and oxygen atoms in total. The zero-order valence-corrected chi connectivity index (χ0v) is 7.40. The standard InChI is InChI=1S/C6H12.2CH5N/c1-2-4-6-5-3-1;2*1-2/h1-6H2;2*2H2,1H3. The first-order chi connectivity index (χ1) is 5.00. The highest BCUT2D eigenvalue weighted by Crippen LogP contribution is 2.15. The molecule has 0 aromatic heterocycles. The summed E-state index contributed by atoms with van der Waals surface area (Å²) in [6.45, 7) is 0. The van der Waals surface area contributed by atoms with Crippen LogP contribution in [-0.4, -0.2) is 14.1 Å². The van der Waals surface area contributed by atoms with Crippen molar-refractivity contribution in [1.82, 2.24) is 0 Å². The summed E-state index contributed by atoms with van der Waals surface area (Å²) in [5, 5.41) is 0. The summed E-state index contributed by atoms with van der Waals surface area (Å²) < 4.78 is 0. The predicted molar refractivity (Wildman–Crippen MR) is 47.9 cm³/mol. The minimum absolute atomic E-state index is 1.50. The highest BCUT2D eigenvalue weighted by molar-refractivity contribution is 4.51. The lowest BCUT2D eigenvalue weighted by Gasteiger charge is -2.05. The largest absolute Gasteiger partial charge is 0.333 e. The Bertz CT molecular complexity index is 22.7. The normalized spacial score (nSPS) is 15.6. The zero-order valence-electron chi connectivity index (χ0n) is 7.40. The van der Waals surface area contributed by atoms with E-state index in [1.54, 1.807) is 0 Å². The highest BCUT2D eigenvalue weighted by atomic mass is 14.4. The van der Waals surface area contributed by atoms with Crippen molar-refractivity contribution in [3.05, 3.63) is 0 Å². The summed E-state index contributed by atoms with van der Waals surface area (Å²) in [6.07, 6.45) is 9.00. The van der Waals surface area contributed by atoms with Crippen LogP contribution in [0.3, 0.4) is 0 Å². The molecule has 0 radical (unpaired) electrons. The second-order valence-corrected chi connectivity index (χ2v) is 2.12. The molecule has 10 heavy (non-hydrogen) atoms. The molecular formula is C8H22N2. The van der Waals surface area contributed by atoms with Crippen LogP contribution in [0.25, 0.3) is 0 Å². The number of nitrogens with two attached hydrogens (primary N) is 2. The molecule has 0 amide bonds. The van der Waals surface area contributed by atoms with Gasteiger partial charge in [-0.15, -0.1) is 0 Å². The average Bonchev–Trinajstić information content (AvgIpc) is 2.14. The van der Waals surface area contributed by atoms with Gasteiger partial charge in [-0.25, -0.2) is 0 Å². The van der Waals surface area contributed by atoms with E-state index in [9.17, 15) is 0 Å². The fraction of sp³-hybridized carbons (Fsp3) is 1.00. The molecule has 0 bridgehead atoms. The lowest BCUT2D eigenvalue weighted by atomic mass is 10.0. The zero-order chi connectivity index (χ0) is 8.24. The van der Waals surface area contributed by atoms with Crippen LogP contribution in [0.5, 0.6) is 0 Å². The maximum absolute atomic E-state index is 4.50. The Morgan fingerprint density at radius 3 is 0.700 bits per heavy atom. The van der Waals surface area contributed by atoms with Crippen LogP contribution < -0.4 is 11.5 Å². The van der Waals surface area contributed by atoms with E-state index in [0.29, 0.717) is 0 Å². The molecular weight excluding hydrogens is 124 g/mol. The summed E-state index contributed by atoms with van der Waals surface area (Å²) in [5.74, 6) is 0. The number of hydrogen-bond acceptors (Lipinski definition) is 2. The van der Waals surface area contributed by atoms with Crippen molar-refractivity contribution in [2.24, 2.45) is 11.5 Å². The number of rotatable bonds is 0. The molecule has 0 saturated heterocycles. The number of hydrogen-bond donors (Lipinski definition) is 2. The predicted octanol–water partition coefficient (Wildman–Crippen LogP) is 1.49. The quantitative estimate of drug-likeness (QED) is 0.544. The van der Waals surface area contributed by atoms with Gasteiger partial charge < -0.3 is 11.5 Å². The van der Waals surface area contributed by atoms with Crippen molar-refractivity contribution in [1.29, 1.82) is 0 Å². The maximum Gasteiger partial charge on any atom is -0.0195 e. The third-order valence-electron chi connectivity index (χ3n) is 1.50. The molecule has 0 aliphatic heterocycles. The van der Waals surface area contributed by atoms with Crippen LogP contribution in [0.1, 0.15) is 38.5 Å². The van der Waals surface area contributed by atoms with E-state index < -0.39 is 0 Å².